The quantitative estimate of drug-likeness (QED) is 0.862. The molecule has 1 aliphatic heterocycles. The minimum absolute atomic E-state index is 0.0409. The summed E-state index contributed by atoms with van der Waals surface area (Å²) in [5.41, 5.74) is -0.927. The summed E-state index contributed by atoms with van der Waals surface area (Å²) in [6, 6.07) is 7.48. The highest BCUT2D eigenvalue weighted by molar-refractivity contribution is 7.99. The molecule has 4 nitrogen and oxygen atoms in total. The molecule has 8 heteroatoms. The van der Waals surface area contributed by atoms with Crippen LogP contribution in [-0.2, 0) is 4.79 Å². The molecule has 2 rings (SSSR count). The van der Waals surface area contributed by atoms with Gasteiger partial charge in [0, 0.05) is 5.75 Å². The number of nitriles is 1. The molecule has 2 N–H and O–H groups in total. The smallest absolute Gasteiger partial charge is 0.336 e. The fourth-order valence-electron chi connectivity index (χ4n) is 2.35. The maximum atomic E-state index is 13.2. The molecule has 0 saturated carbocycles. The fourth-order valence-corrected chi connectivity index (χ4v) is 3.62. The lowest BCUT2D eigenvalue weighted by Gasteiger charge is -2.24. The van der Waals surface area contributed by atoms with Gasteiger partial charge >= 0.3 is 6.18 Å². The van der Waals surface area contributed by atoms with E-state index in [0.717, 1.165) is 5.75 Å². The molecule has 0 bridgehead atoms. The molecule has 1 aliphatic rings. The highest BCUT2D eigenvalue weighted by Crippen LogP contribution is 2.32. The third-order valence-corrected chi connectivity index (χ3v) is 4.73. The number of thioether (sulfide) groups is 1. The Balaban J connectivity index is 1.99. The number of amides is 1. The number of alkyl halides is 3. The van der Waals surface area contributed by atoms with Gasteiger partial charge in [-0.05, 0) is 17.7 Å². The van der Waals surface area contributed by atoms with E-state index in [9.17, 15) is 23.2 Å². The first-order chi connectivity index (χ1) is 10.9. The van der Waals surface area contributed by atoms with Crippen molar-refractivity contribution in [1.29, 1.82) is 5.26 Å². The third kappa shape index (κ3) is 4.62. The monoisotopic (exact) mass is 343 g/mol. The average Bonchev–Trinajstić information content (AvgIpc) is 2.96. The van der Waals surface area contributed by atoms with E-state index < -0.39 is 30.2 Å². The number of nitrogens with one attached hydrogen (secondary N) is 2. The number of hydrogen-bond acceptors (Lipinski definition) is 4. The Labute approximate surface area is 136 Å². The zero-order chi connectivity index (χ0) is 16.9. The summed E-state index contributed by atoms with van der Waals surface area (Å²) in [5.74, 6) is 0.590. The van der Waals surface area contributed by atoms with Gasteiger partial charge in [0.1, 0.15) is 11.6 Å². The summed E-state index contributed by atoms with van der Waals surface area (Å²) in [6.45, 7) is -0.507. The molecule has 1 amide bonds. The van der Waals surface area contributed by atoms with E-state index in [1.54, 1.807) is 6.07 Å². The Morgan fingerprint density at radius 1 is 1.39 bits per heavy atom. The first kappa shape index (κ1) is 17.6. The summed E-state index contributed by atoms with van der Waals surface area (Å²) in [6.07, 6.45) is -4.01. The lowest BCUT2D eigenvalue weighted by molar-refractivity contribution is -0.158. The van der Waals surface area contributed by atoms with E-state index in [0.29, 0.717) is 12.2 Å². The summed E-state index contributed by atoms with van der Waals surface area (Å²) in [7, 11) is 0. The van der Waals surface area contributed by atoms with Crippen molar-refractivity contribution in [1.82, 2.24) is 10.6 Å². The fraction of sp³-hybridized carbons (Fsp3) is 0.467. The molecule has 0 unspecified atom stereocenters. The minimum Gasteiger partial charge on any atom is -0.336 e. The number of carbonyl (C=O) groups is 1. The van der Waals surface area contributed by atoms with Crippen molar-refractivity contribution < 1.29 is 18.0 Å². The summed E-state index contributed by atoms with van der Waals surface area (Å²) < 4.78 is 39.5. The Morgan fingerprint density at radius 2 is 2.09 bits per heavy atom. The van der Waals surface area contributed by atoms with Gasteiger partial charge in [0.25, 0.3) is 0 Å². The number of halogens is 3. The second-order valence-corrected chi connectivity index (χ2v) is 6.42. The van der Waals surface area contributed by atoms with Crippen LogP contribution in [0.2, 0.25) is 0 Å². The summed E-state index contributed by atoms with van der Waals surface area (Å²) in [5, 5.41) is 14.0. The van der Waals surface area contributed by atoms with Gasteiger partial charge in [0.15, 0.2) is 0 Å². The molecular formula is C15H16F3N3OS. The van der Waals surface area contributed by atoms with Gasteiger partial charge in [-0.25, -0.2) is 0 Å². The van der Waals surface area contributed by atoms with Crippen molar-refractivity contribution in [2.45, 2.75) is 24.2 Å². The van der Waals surface area contributed by atoms with Gasteiger partial charge in [-0.1, -0.05) is 30.3 Å². The van der Waals surface area contributed by atoms with Crippen molar-refractivity contribution in [2.75, 3.05) is 18.1 Å². The van der Waals surface area contributed by atoms with Crippen LogP contribution >= 0.6 is 11.8 Å². The van der Waals surface area contributed by atoms with Gasteiger partial charge in [-0.2, -0.15) is 30.2 Å². The predicted octanol–water partition coefficient (Wildman–Crippen LogP) is 2.40. The molecule has 2 atom stereocenters. The SMILES string of the molecule is N#C[C@@]1(NC(=O)CN[C@H](c2ccccc2)C(F)(F)F)CCSC1. The summed E-state index contributed by atoms with van der Waals surface area (Å²) in [4.78, 5) is 11.9. The molecule has 1 heterocycles. The molecule has 23 heavy (non-hydrogen) atoms. The number of nitrogens with zero attached hydrogens (tertiary/aromatic N) is 1. The normalized spacial score (nSPS) is 22.3. The van der Waals surface area contributed by atoms with Crippen LogP contribution in [0.1, 0.15) is 18.0 Å². The highest BCUT2D eigenvalue weighted by Gasteiger charge is 2.41. The first-order valence-electron chi connectivity index (χ1n) is 7.01. The van der Waals surface area contributed by atoms with Crippen molar-refractivity contribution in [3.05, 3.63) is 35.9 Å². The van der Waals surface area contributed by atoms with Crippen LogP contribution in [0.15, 0.2) is 30.3 Å². The third-order valence-electron chi connectivity index (χ3n) is 3.54. The van der Waals surface area contributed by atoms with Gasteiger partial charge < -0.3 is 5.32 Å². The van der Waals surface area contributed by atoms with E-state index in [1.807, 2.05) is 0 Å². The van der Waals surface area contributed by atoms with Crippen molar-refractivity contribution >= 4 is 17.7 Å². The zero-order valence-electron chi connectivity index (χ0n) is 12.2. The number of carbonyl (C=O) groups excluding carboxylic acids is 1. The zero-order valence-corrected chi connectivity index (χ0v) is 13.0. The molecule has 1 fully saturated rings. The maximum Gasteiger partial charge on any atom is 0.407 e. The Morgan fingerprint density at radius 3 is 2.61 bits per heavy atom. The molecule has 0 spiro atoms. The van der Waals surface area contributed by atoms with Crippen LogP contribution in [-0.4, -0.2) is 35.7 Å². The lowest BCUT2D eigenvalue weighted by atomic mass is 10.0. The average molecular weight is 343 g/mol. The number of hydrogen-bond donors (Lipinski definition) is 2. The standard InChI is InChI=1S/C15H16F3N3OS/c16-15(17,18)13(11-4-2-1-3-5-11)20-8-12(22)21-14(9-19)6-7-23-10-14/h1-5,13,20H,6-8,10H2,(H,21,22)/t13-,14+/m1/s1. The van der Waals surface area contributed by atoms with Crippen LogP contribution in [0, 0.1) is 11.3 Å². The molecule has 1 saturated heterocycles. The lowest BCUT2D eigenvalue weighted by Crippen LogP contribution is -2.51. The van der Waals surface area contributed by atoms with E-state index in [4.69, 9.17) is 0 Å². The van der Waals surface area contributed by atoms with Crippen molar-refractivity contribution in [3.8, 4) is 6.07 Å². The summed E-state index contributed by atoms with van der Waals surface area (Å²) >= 11 is 1.54. The van der Waals surface area contributed by atoms with Gasteiger partial charge in [0.2, 0.25) is 5.91 Å². The van der Waals surface area contributed by atoms with Crippen LogP contribution < -0.4 is 10.6 Å². The number of benzene rings is 1. The van der Waals surface area contributed by atoms with Gasteiger partial charge in [-0.3, -0.25) is 10.1 Å². The van der Waals surface area contributed by atoms with Crippen molar-refractivity contribution in [2.24, 2.45) is 0 Å². The van der Waals surface area contributed by atoms with E-state index >= 15 is 0 Å². The first-order valence-corrected chi connectivity index (χ1v) is 8.17. The van der Waals surface area contributed by atoms with Crippen LogP contribution in [0.25, 0.3) is 0 Å². The van der Waals surface area contributed by atoms with Crippen LogP contribution in [0.5, 0.6) is 0 Å². The minimum atomic E-state index is -4.52. The Hall–Kier alpha value is -1.72. The largest absolute Gasteiger partial charge is 0.407 e. The highest BCUT2D eigenvalue weighted by atomic mass is 32.2. The van der Waals surface area contributed by atoms with Crippen molar-refractivity contribution in [3.63, 3.8) is 0 Å². The topological polar surface area (TPSA) is 64.9 Å². The molecule has 0 aliphatic carbocycles. The molecule has 0 radical (unpaired) electrons. The van der Waals surface area contributed by atoms with E-state index in [-0.39, 0.29) is 5.56 Å². The van der Waals surface area contributed by atoms with E-state index in [1.165, 1.54) is 36.0 Å². The molecule has 0 aromatic heterocycles. The molecule has 124 valence electrons. The Bertz CT molecular complexity index is 580. The second kappa shape index (κ2) is 7.23. The molecule has 1 aromatic carbocycles. The Kier molecular flexibility index (Phi) is 5.55. The molecular weight excluding hydrogens is 327 g/mol. The maximum absolute atomic E-state index is 13.2. The number of rotatable bonds is 5. The second-order valence-electron chi connectivity index (χ2n) is 5.31. The van der Waals surface area contributed by atoms with Crippen LogP contribution in [0.3, 0.4) is 0 Å². The van der Waals surface area contributed by atoms with Gasteiger partial charge in [0.05, 0.1) is 12.6 Å². The molecule has 1 aromatic rings. The van der Waals surface area contributed by atoms with E-state index in [2.05, 4.69) is 16.7 Å². The van der Waals surface area contributed by atoms with Crippen LogP contribution in [0.4, 0.5) is 13.2 Å². The van der Waals surface area contributed by atoms with Gasteiger partial charge in [-0.15, -0.1) is 0 Å². The predicted molar refractivity (Wildman–Crippen MR) is 81.7 cm³/mol.